The lowest BCUT2D eigenvalue weighted by Gasteiger charge is -2.17. The molecule has 0 radical (unpaired) electrons. The summed E-state index contributed by atoms with van der Waals surface area (Å²) in [6.45, 7) is 0.639. The van der Waals surface area contributed by atoms with E-state index < -0.39 is 0 Å². The molecule has 0 saturated carbocycles. The molecule has 0 aliphatic rings. The van der Waals surface area contributed by atoms with Gasteiger partial charge in [0.1, 0.15) is 6.29 Å². The van der Waals surface area contributed by atoms with Gasteiger partial charge in [-0.15, -0.1) is 0 Å². The number of rotatable bonds is 6. The van der Waals surface area contributed by atoms with Crippen LogP contribution in [-0.2, 0) is 6.54 Å². The van der Waals surface area contributed by atoms with Gasteiger partial charge in [0.15, 0.2) is 0 Å². The normalized spacial score (nSPS) is 10.8. The maximum absolute atomic E-state index is 11.3. The molecular weight excluding hydrogens is 310 g/mol. The molecule has 0 saturated heterocycles. The number of hydrogen-bond acceptors (Lipinski definition) is 4. The Morgan fingerprint density at radius 3 is 2.40 bits per heavy atom. The number of carbonyl (C=O) groups excluding carboxylic acids is 1. The van der Waals surface area contributed by atoms with Crippen molar-refractivity contribution in [2.24, 2.45) is 0 Å². The molecular formula is C21H21N3O. The van der Waals surface area contributed by atoms with Crippen LogP contribution in [0.5, 0.6) is 0 Å². The van der Waals surface area contributed by atoms with Crippen molar-refractivity contribution >= 4 is 6.29 Å². The van der Waals surface area contributed by atoms with Crippen molar-refractivity contribution in [3.8, 4) is 22.4 Å². The first-order chi connectivity index (χ1) is 12.2. The molecule has 0 amide bonds. The fourth-order valence-corrected chi connectivity index (χ4v) is 2.72. The molecule has 3 aromatic rings. The topological polar surface area (TPSA) is 45.2 Å². The van der Waals surface area contributed by atoms with Crippen molar-refractivity contribution in [2.45, 2.75) is 6.54 Å². The standard InChI is InChI=1S/C21H21N3O/c1-22-24(2)14-20-12-17(8-9-19(20)15-25)21-11-10-18(13-23-21)16-6-4-3-5-7-16/h3-13,15,22H,14H2,1-2H3. The predicted octanol–water partition coefficient (Wildman–Crippen LogP) is 3.79. The Kier molecular flexibility index (Phi) is 5.33. The molecule has 0 aliphatic heterocycles. The quantitative estimate of drug-likeness (QED) is 0.551. The van der Waals surface area contributed by atoms with E-state index in [9.17, 15) is 4.79 Å². The Labute approximate surface area is 148 Å². The van der Waals surface area contributed by atoms with Crippen LogP contribution in [0.4, 0.5) is 0 Å². The second-order valence-corrected chi connectivity index (χ2v) is 5.91. The molecule has 2 aromatic carbocycles. The highest BCUT2D eigenvalue weighted by molar-refractivity contribution is 5.79. The van der Waals surface area contributed by atoms with E-state index in [1.165, 1.54) is 0 Å². The maximum atomic E-state index is 11.3. The zero-order valence-corrected chi connectivity index (χ0v) is 14.4. The molecule has 1 aromatic heterocycles. The van der Waals surface area contributed by atoms with Gasteiger partial charge in [0.25, 0.3) is 0 Å². The van der Waals surface area contributed by atoms with Gasteiger partial charge >= 0.3 is 0 Å². The molecule has 1 N–H and O–H groups in total. The fourth-order valence-electron chi connectivity index (χ4n) is 2.72. The molecule has 0 aliphatic carbocycles. The van der Waals surface area contributed by atoms with Gasteiger partial charge in [-0.2, -0.15) is 0 Å². The fraction of sp³-hybridized carbons (Fsp3) is 0.143. The minimum absolute atomic E-state index is 0.639. The number of hydrazine groups is 1. The largest absolute Gasteiger partial charge is 0.298 e. The van der Waals surface area contributed by atoms with Crippen LogP contribution in [0.1, 0.15) is 15.9 Å². The zero-order valence-electron chi connectivity index (χ0n) is 14.4. The third-order valence-corrected chi connectivity index (χ3v) is 4.23. The van der Waals surface area contributed by atoms with Crippen LogP contribution in [0, 0.1) is 0 Å². The minimum atomic E-state index is 0.639. The van der Waals surface area contributed by atoms with Crippen molar-refractivity contribution < 1.29 is 4.79 Å². The van der Waals surface area contributed by atoms with E-state index in [-0.39, 0.29) is 0 Å². The number of nitrogens with zero attached hydrogens (tertiary/aromatic N) is 2. The summed E-state index contributed by atoms with van der Waals surface area (Å²) in [7, 11) is 3.79. The minimum Gasteiger partial charge on any atom is -0.298 e. The lowest BCUT2D eigenvalue weighted by Crippen LogP contribution is -2.30. The average Bonchev–Trinajstić information content (AvgIpc) is 2.68. The number of nitrogens with one attached hydrogen (secondary N) is 1. The van der Waals surface area contributed by atoms with Gasteiger partial charge in [-0.1, -0.05) is 48.5 Å². The Hall–Kier alpha value is -2.82. The molecule has 126 valence electrons. The second-order valence-electron chi connectivity index (χ2n) is 5.91. The SMILES string of the molecule is CNN(C)Cc1cc(-c2ccc(-c3ccccc3)cn2)ccc1C=O. The highest BCUT2D eigenvalue weighted by Crippen LogP contribution is 2.24. The van der Waals surface area contributed by atoms with E-state index in [4.69, 9.17) is 0 Å². The number of pyridine rings is 1. The van der Waals surface area contributed by atoms with Gasteiger partial charge in [-0.25, -0.2) is 5.01 Å². The summed E-state index contributed by atoms with van der Waals surface area (Å²) in [6, 6.07) is 20.1. The number of benzene rings is 2. The van der Waals surface area contributed by atoms with E-state index in [1.54, 1.807) is 0 Å². The Balaban J connectivity index is 1.91. The summed E-state index contributed by atoms with van der Waals surface area (Å²) < 4.78 is 0. The summed E-state index contributed by atoms with van der Waals surface area (Å²) in [5.74, 6) is 0. The molecule has 0 atom stereocenters. The molecule has 25 heavy (non-hydrogen) atoms. The van der Waals surface area contributed by atoms with Gasteiger partial charge in [0.05, 0.1) is 5.69 Å². The van der Waals surface area contributed by atoms with Crippen LogP contribution in [0.3, 0.4) is 0 Å². The molecule has 0 unspecified atom stereocenters. The van der Waals surface area contributed by atoms with E-state index in [1.807, 2.05) is 67.8 Å². The Morgan fingerprint density at radius 2 is 1.76 bits per heavy atom. The van der Waals surface area contributed by atoms with Crippen LogP contribution in [0.25, 0.3) is 22.4 Å². The lowest BCUT2D eigenvalue weighted by molar-refractivity contribution is 0.112. The van der Waals surface area contributed by atoms with Gasteiger partial charge in [0, 0.05) is 36.5 Å². The number of aromatic nitrogens is 1. The number of hydrogen-bond donors (Lipinski definition) is 1. The Morgan fingerprint density at radius 1 is 1.00 bits per heavy atom. The van der Waals surface area contributed by atoms with E-state index in [0.717, 1.165) is 34.2 Å². The van der Waals surface area contributed by atoms with Crippen molar-refractivity contribution in [3.63, 3.8) is 0 Å². The number of carbonyl (C=O) groups is 1. The smallest absolute Gasteiger partial charge is 0.150 e. The van der Waals surface area contributed by atoms with Crippen molar-refractivity contribution in [3.05, 3.63) is 78.0 Å². The molecule has 0 bridgehead atoms. The maximum Gasteiger partial charge on any atom is 0.150 e. The summed E-state index contributed by atoms with van der Waals surface area (Å²) in [6.07, 6.45) is 2.78. The van der Waals surface area contributed by atoms with E-state index >= 15 is 0 Å². The van der Waals surface area contributed by atoms with Gasteiger partial charge in [0.2, 0.25) is 0 Å². The Bertz CT molecular complexity index is 845. The highest BCUT2D eigenvalue weighted by Gasteiger charge is 2.08. The third-order valence-electron chi connectivity index (χ3n) is 4.23. The summed E-state index contributed by atoms with van der Waals surface area (Å²) >= 11 is 0. The van der Waals surface area contributed by atoms with Crippen LogP contribution >= 0.6 is 0 Å². The summed E-state index contributed by atoms with van der Waals surface area (Å²) in [5.41, 5.74) is 8.86. The van der Waals surface area contributed by atoms with Gasteiger partial charge in [-0.3, -0.25) is 15.2 Å². The third kappa shape index (κ3) is 3.99. The number of aldehydes is 1. The molecule has 0 spiro atoms. The van der Waals surface area contributed by atoms with Crippen molar-refractivity contribution in [2.75, 3.05) is 14.1 Å². The molecule has 4 nitrogen and oxygen atoms in total. The van der Waals surface area contributed by atoms with Crippen LogP contribution < -0.4 is 5.43 Å². The predicted molar refractivity (Wildman–Crippen MR) is 101 cm³/mol. The zero-order chi connectivity index (χ0) is 17.6. The first-order valence-electron chi connectivity index (χ1n) is 8.19. The van der Waals surface area contributed by atoms with Crippen LogP contribution in [0.2, 0.25) is 0 Å². The van der Waals surface area contributed by atoms with Crippen molar-refractivity contribution in [1.29, 1.82) is 0 Å². The lowest BCUT2D eigenvalue weighted by atomic mass is 10.0. The molecule has 1 heterocycles. The summed E-state index contributed by atoms with van der Waals surface area (Å²) in [4.78, 5) is 15.9. The monoisotopic (exact) mass is 331 g/mol. The van der Waals surface area contributed by atoms with E-state index in [0.29, 0.717) is 12.1 Å². The van der Waals surface area contributed by atoms with E-state index in [2.05, 4.69) is 28.6 Å². The van der Waals surface area contributed by atoms with Crippen LogP contribution in [-0.4, -0.2) is 30.4 Å². The molecule has 3 rings (SSSR count). The molecule has 0 fully saturated rings. The molecule has 4 heteroatoms. The average molecular weight is 331 g/mol. The summed E-state index contributed by atoms with van der Waals surface area (Å²) in [5, 5.41) is 1.93. The first-order valence-corrected chi connectivity index (χ1v) is 8.19. The van der Waals surface area contributed by atoms with Crippen molar-refractivity contribution in [1.82, 2.24) is 15.4 Å². The van der Waals surface area contributed by atoms with Gasteiger partial charge in [-0.05, 0) is 30.3 Å². The van der Waals surface area contributed by atoms with Crippen LogP contribution in [0.15, 0.2) is 66.9 Å². The second kappa shape index (κ2) is 7.83. The highest BCUT2D eigenvalue weighted by atomic mass is 16.1. The van der Waals surface area contributed by atoms with Gasteiger partial charge < -0.3 is 0 Å². The first kappa shape index (κ1) is 17.0.